The Morgan fingerprint density at radius 2 is 1.29 bits per heavy atom. The van der Waals surface area contributed by atoms with Crippen molar-refractivity contribution in [1.29, 1.82) is 0 Å². The molecule has 0 fully saturated rings. The van der Waals surface area contributed by atoms with Crippen molar-refractivity contribution in [3.05, 3.63) is 193 Å². The quantitative estimate of drug-likeness (QED) is 0.0619. The van der Waals surface area contributed by atoms with Crippen molar-refractivity contribution in [1.82, 2.24) is 19.5 Å². The van der Waals surface area contributed by atoms with Gasteiger partial charge >= 0.3 is 0 Å². The average molecular weight is 685 g/mol. The van der Waals surface area contributed by atoms with Gasteiger partial charge in [0, 0.05) is 45.8 Å². The molecule has 1 aliphatic heterocycles. The lowest BCUT2D eigenvalue weighted by molar-refractivity contribution is -0.188. The van der Waals surface area contributed by atoms with E-state index in [1.165, 1.54) is 5.56 Å². The minimum absolute atomic E-state index is 0.625. The molecular weight excluding hydrogens is 653 g/mol. The molecule has 0 spiro atoms. The minimum Gasteiger partial charge on any atom is -0.493 e. The van der Waals surface area contributed by atoms with Crippen LogP contribution in [-0.4, -0.2) is 26.1 Å². The van der Waals surface area contributed by atoms with Gasteiger partial charge < -0.3 is 4.74 Å². The number of benzene rings is 5. The third-order valence-electron chi connectivity index (χ3n) is 9.43. The van der Waals surface area contributed by atoms with Crippen molar-refractivity contribution in [2.45, 2.75) is 16.9 Å². The molecule has 0 atom stereocenters. The lowest BCUT2D eigenvalue weighted by Crippen LogP contribution is -2.38. The van der Waals surface area contributed by atoms with E-state index in [0.717, 1.165) is 73.4 Å². The number of ether oxygens (including phenoxy) is 1. The number of rotatable bonds is 10. The molecule has 8 heteroatoms. The molecule has 0 unspecified atom stereocenters. The molecule has 4 heterocycles. The van der Waals surface area contributed by atoms with Gasteiger partial charge in [-0.25, -0.2) is 9.97 Å². The molecule has 248 valence electrons. The molecule has 0 saturated carbocycles. The Morgan fingerprint density at radius 1 is 0.647 bits per heavy atom. The maximum absolute atomic E-state index is 5.89. The first kappa shape index (κ1) is 30.9. The molecule has 8 aromatic rings. The second-order valence-corrected chi connectivity index (χ2v) is 13.2. The summed E-state index contributed by atoms with van der Waals surface area (Å²) < 4.78 is 15.1. The Morgan fingerprint density at radius 3 is 1.96 bits per heavy atom. The van der Waals surface area contributed by atoms with Crippen molar-refractivity contribution >= 4 is 23.1 Å². The molecule has 9 rings (SSSR count). The highest BCUT2D eigenvalue weighted by molar-refractivity contribution is 7.94. The van der Waals surface area contributed by atoms with Gasteiger partial charge in [-0.05, 0) is 58.1 Å². The van der Waals surface area contributed by atoms with Crippen LogP contribution in [0.4, 0.5) is 0 Å². The lowest BCUT2D eigenvalue weighted by Gasteiger charge is -2.36. The normalized spacial score (nSPS) is 12.5. The molecule has 51 heavy (non-hydrogen) atoms. The van der Waals surface area contributed by atoms with E-state index >= 15 is 0 Å². The summed E-state index contributed by atoms with van der Waals surface area (Å²) in [6, 6.07) is 49.9. The van der Waals surface area contributed by atoms with Crippen LogP contribution in [0.3, 0.4) is 0 Å². The zero-order valence-corrected chi connectivity index (χ0v) is 28.3. The zero-order valence-electron chi connectivity index (χ0n) is 27.5. The fourth-order valence-electron chi connectivity index (χ4n) is 7.03. The monoisotopic (exact) mass is 684 g/mol. The highest BCUT2D eigenvalue weighted by atomic mass is 32.2. The second kappa shape index (κ2) is 13.3. The van der Waals surface area contributed by atoms with Gasteiger partial charge in [-0.1, -0.05) is 120 Å². The van der Waals surface area contributed by atoms with Crippen LogP contribution < -0.4 is 9.73 Å². The van der Waals surface area contributed by atoms with E-state index in [0.29, 0.717) is 12.3 Å². The van der Waals surface area contributed by atoms with Crippen molar-refractivity contribution in [2.75, 3.05) is 6.61 Å². The van der Waals surface area contributed by atoms with E-state index in [9.17, 15) is 0 Å². The third kappa shape index (κ3) is 5.64. The SMILES string of the molecule is c1ccc(SOOn2cc(-c3cnn(C(c4ccccc4)(c4ccccc4)c4ccccc4)c3)c3cc(-c4ccc5c(c4)CCO5)cnc32)cc1. The lowest BCUT2D eigenvalue weighted by atomic mass is 9.77. The van der Waals surface area contributed by atoms with Crippen LogP contribution in [0.1, 0.15) is 22.3 Å². The van der Waals surface area contributed by atoms with Crippen LogP contribution in [-0.2, 0) is 16.3 Å². The van der Waals surface area contributed by atoms with Crippen LogP contribution >= 0.6 is 12.0 Å². The summed E-state index contributed by atoms with van der Waals surface area (Å²) in [5.74, 6) is 0.951. The van der Waals surface area contributed by atoms with Gasteiger partial charge in [0.05, 0.1) is 31.0 Å². The Balaban J connectivity index is 1.19. The largest absolute Gasteiger partial charge is 0.493 e. The fraction of sp³-hybridized carbons (Fsp3) is 0.0698. The van der Waals surface area contributed by atoms with Crippen LogP contribution in [0.5, 0.6) is 5.75 Å². The number of aromatic nitrogens is 4. The van der Waals surface area contributed by atoms with Crippen LogP contribution in [0.2, 0.25) is 0 Å². The third-order valence-corrected chi connectivity index (χ3v) is 10.0. The number of nitrogens with zero attached hydrogens (tertiary/aromatic N) is 4. The van der Waals surface area contributed by atoms with Crippen LogP contribution in [0.15, 0.2) is 175 Å². The van der Waals surface area contributed by atoms with Crippen LogP contribution in [0.25, 0.3) is 33.3 Å². The first-order chi connectivity index (χ1) is 25.3. The Kier molecular flexibility index (Phi) is 8.08. The first-order valence-electron chi connectivity index (χ1n) is 16.8. The van der Waals surface area contributed by atoms with E-state index in [1.54, 1.807) is 4.73 Å². The fourth-order valence-corrected chi connectivity index (χ4v) is 7.48. The maximum atomic E-state index is 5.89. The summed E-state index contributed by atoms with van der Waals surface area (Å²) in [5.41, 5.74) is 8.27. The smallest absolute Gasteiger partial charge is 0.179 e. The number of hydrogen-bond acceptors (Lipinski definition) is 6. The predicted octanol–water partition coefficient (Wildman–Crippen LogP) is 9.41. The summed E-state index contributed by atoms with van der Waals surface area (Å²) in [4.78, 5) is 11.7. The number of fused-ring (bicyclic) bond motifs is 2. The first-order valence-corrected chi connectivity index (χ1v) is 17.6. The van der Waals surface area contributed by atoms with Gasteiger partial charge in [0.25, 0.3) is 0 Å². The number of hydrogen-bond donors (Lipinski definition) is 0. The standard InChI is InChI=1S/C43H32N4O3S/c1-5-13-35(14-6-1)43(36-15-7-2-8-16-36,37-17-9-3-10-18-37)47-29-34(28-45-47)40-30-46(49-50-51-38-19-11-4-12-20-38)42-39(40)26-33(27-44-42)31-21-22-41-32(25-31)23-24-48-41/h1-22,25-30H,23-24H2. The Hall–Kier alpha value is -6.09. The van der Waals surface area contributed by atoms with Gasteiger partial charge in [-0.3, -0.25) is 4.68 Å². The molecule has 0 radical (unpaired) electrons. The topological polar surface area (TPSA) is 63.3 Å². The molecule has 1 aliphatic rings. The van der Waals surface area contributed by atoms with Crippen molar-refractivity contribution < 1.29 is 14.1 Å². The van der Waals surface area contributed by atoms with Gasteiger partial charge in [0.15, 0.2) is 5.65 Å². The van der Waals surface area contributed by atoms with E-state index in [1.807, 2.05) is 73.2 Å². The van der Waals surface area contributed by atoms with Gasteiger partial charge in [0.1, 0.15) is 11.3 Å². The Labute approximate surface area is 299 Å². The molecule has 7 nitrogen and oxygen atoms in total. The summed E-state index contributed by atoms with van der Waals surface area (Å²) >= 11 is 1.14. The zero-order chi connectivity index (χ0) is 34.0. The van der Waals surface area contributed by atoms with E-state index in [4.69, 9.17) is 24.1 Å². The maximum Gasteiger partial charge on any atom is 0.179 e. The summed E-state index contributed by atoms with van der Waals surface area (Å²) in [6.07, 6.45) is 8.73. The average Bonchev–Trinajstić information content (AvgIpc) is 3.96. The van der Waals surface area contributed by atoms with Crippen molar-refractivity contribution in [3.8, 4) is 28.0 Å². The van der Waals surface area contributed by atoms with E-state index in [-0.39, 0.29) is 0 Å². The predicted molar refractivity (Wildman–Crippen MR) is 200 cm³/mol. The van der Waals surface area contributed by atoms with E-state index in [2.05, 4.69) is 102 Å². The van der Waals surface area contributed by atoms with E-state index < -0.39 is 5.54 Å². The summed E-state index contributed by atoms with van der Waals surface area (Å²) in [7, 11) is 0. The molecular formula is C43H32N4O3S. The molecule has 0 aliphatic carbocycles. The number of pyridine rings is 1. The minimum atomic E-state index is -0.748. The highest BCUT2D eigenvalue weighted by Crippen LogP contribution is 2.42. The van der Waals surface area contributed by atoms with Gasteiger partial charge in [0.2, 0.25) is 0 Å². The molecule has 0 bridgehead atoms. The van der Waals surface area contributed by atoms with Crippen molar-refractivity contribution in [3.63, 3.8) is 0 Å². The van der Waals surface area contributed by atoms with Gasteiger partial charge in [-0.15, -0.1) is 4.73 Å². The molecule has 0 amide bonds. The molecule has 0 saturated heterocycles. The summed E-state index contributed by atoms with van der Waals surface area (Å²) in [5, 5.41) is 6.03. The van der Waals surface area contributed by atoms with Gasteiger partial charge in [-0.2, -0.15) is 5.10 Å². The Bertz CT molecular complexity index is 2330. The second-order valence-electron chi connectivity index (χ2n) is 12.4. The van der Waals surface area contributed by atoms with Crippen LogP contribution in [0, 0.1) is 0 Å². The molecule has 3 aromatic heterocycles. The molecule has 5 aromatic carbocycles. The molecule has 0 N–H and O–H groups in total. The summed E-state index contributed by atoms with van der Waals surface area (Å²) in [6.45, 7) is 0.710. The van der Waals surface area contributed by atoms with Crippen molar-refractivity contribution in [2.24, 2.45) is 0 Å². The highest BCUT2D eigenvalue weighted by Gasteiger charge is 2.39.